The highest BCUT2D eigenvalue weighted by Gasteiger charge is 2.69. The number of amides is 3. The van der Waals surface area contributed by atoms with Crippen molar-refractivity contribution in [1.29, 1.82) is 0 Å². The van der Waals surface area contributed by atoms with E-state index in [1.165, 1.54) is 23.1 Å². The van der Waals surface area contributed by atoms with Gasteiger partial charge in [-0.2, -0.15) is 13.2 Å². The van der Waals surface area contributed by atoms with Crippen LogP contribution < -0.4 is 19.8 Å². The van der Waals surface area contributed by atoms with Crippen LogP contribution in [0.3, 0.4) is 0 Å². The molecular weight excluding hydrogens is 731 g/mol. The first kappa shape index (κ1) is 31.4. The quantitative estimate of drug-likeness (QED) is 0.207. The van der Waals surface area contributed by atoms with Crippen LogP contribution in [0.15, 0.2) is 87.1 Å². The Kier molecular flexibility index (Phi) is 7.60. The van der Waals surface area contributed by atoms with Gasteiger partial charge in [0.1, 0.15) is 5.75 Å². The fourth-order valence-electron chi connectivity index (χ4n) is 8.18. The third-order valence-electron chi connectivity index (χ3n) is 9.92. The molecule has 2 aliphatic carbocycles. The molecule has 246 valence electrons. The van der Waals surface area contributed by atoms with Crippen LogP contribution in [-0.2, 0) is 20.6 Å². The molecule has 3 fully saturated rings. The molecule has 8 nitrogen and oxygen atoms in total. The lowest BCUT2D eigenvalue weighted by Gasteiger charge is -2.43. The molecule has 8 rings (SSSR count). The Morgan fingerprint density at radius 3 is 2.35 bits per heavy atom. The van der Waals surface area contributed by atoms with Gasteiger partial charge in [0, 0.05) is 20.5 Å². The number of halogens is 4. The Balaban J connectivity index is 1.03. The minimum Gasteiger partial charge on any atom is -0.484 e. The fraction of sp³-hybridized carbons (Fsp3) is 0.294. The Labute approximate surface area is 288 Å². The van der Waals surface area contributed by atoms with Gasteiger partial charge in [0.05, 0.1) is 33.8 Å². The second-order valence-corrected chi connectivity index (χ2v) is 15.5. The highest BCUT2D eigenvalue weighted by Crippen LogP contribution is 2.68. The molecule has 4 aromatic rings. The number of carbonyl (C=O) groups is 3. The molecule has 4 unspecified atom stereocenters. The molecule has 48 heavy (non-hydrogen) atoms. The van der Waals surface area contributed by atoms with Crippen LogP contribution in [0.2, 0.25) is 0 Å². The van der Waals surface area contributed by atoms with Crippen LogP contribution in [0.4, 0.5) is 24.5 Å². The van der Waals surface area contributed by atoms with Gasteiger partial charge in [-0.3, -0.25) is 24.1 Å². The number of hydrogen-bond donors (Lipinski definition) is 2. The van der Waals surface area contributed by atoms with E-state index in [-0.39, 0.29) is 51.3 Å². The molecular formula is C34H25BrF3N3O5S2. The summed E-state index contributed by atoms with van der Waals surface area (Å²) in [4.78, 5) is 57.8. The van der Waals surface area contributed by atoms with Gasteiger partial charge in [0.15, 0.2) is 6.61 Å². The zero-order valence-electron chi connectivity index (χ0n) is 24.7. The number of alkyl halides is 3. The minimum atomic E-state index is -4.62. The summed E-state index contributed by atoms with van der Waals surface area (Å²) in [6.07, 6.45) is -3.86. The number of aromatic nitrogens is 1. The van der Waals surface area contributed by atoms with Crippen LogP contribution in [-0.4, -0.2) is 34.6 Å². The van der Waals surface area contributed by atoms with E-state index in [0.29, 0.717) is 11.4 Å². The molecule has 0 radical (unpaired) electrons. The Morgan fingerprint density at radius 2 is 1.65 bits per heavy atom. The Bertz CT molecular complexity index is 2020. The number of thiazole rings is 1. The average Bonchev–Trinajstić information content (AvgIpc) is 3.79. The zero-order valence-corrected chi connectivity index (χ0v) is 27.9. The van der Waals surface area contributed by atoms with Crippen molar-refractivity contribution in [1.82, 2.24) is 4.98 Å². The topological polar surface area (TPSA) is 109 Å². The van der Waals surface area contributed by atoms with E-state index in [9.17, 15) is 32.3 Å². The number of benzene rings is 3. The van der Waals surface area contributed by atoms with Crippen LogP contribution in [0, 0.1) is 29.6 Å². The van der Waals surface area contributed by atoms with Crippen molar-refractivity contribution in [2.45, 2.75) is 28.8 Å². The third kappa shape index (κ3) is 5.10. The lowest BCUT2D eigenvalue weighted by molar-refractivity contribution is -0.137. The number of thioether (sulfide) groups is 1. The van der Waals surface area contributed by atoms with Gasteiger partial charge in [0.25, 0.3) is 5.91 Å². The molecule has 2 aliphatic heterocycles. The predicted molar refractivity (Wildman–Crippen MR) is 177 cm³/mol. The number of carbonyl (C=O) groups excluding carboxylic acids is 3. The molecule has 3 amide bonds. The second-order valence-electron chi connectivity index (χ2n) is 12.4. The van der Waals surface area contributed by atoms with Crippen molar-refractivity contribution in [3.8, 4) is 5.75 Å². The monoisotopic (exact) mass is 755 g/mol. The fourth-order valence-corrected chi connectivity index (χ4v) is 11.3. The first-order chi connectivity index (χ1) is 23.0. The van der Waals surface area contributed by atoms with Gasteiger partial charge in [-0.25, -0.2) is 0 Å². The lowest BCUT2D eigenvalue weighted by Crippen LogP contribution is -2.42. The molecule has 2 saturated carbocycles. The van der Waals surface area contributed by atoms with Gasteiger partial charge in [-0.15, -0.1) is 11.8 Å². The summed E-state index contributed by atoms with van der Waals surface area (Å²) in [5.41, 5.74) is 0.167. The van der Waals surface area contributed by atoms with Crippen molar-refractivity contribution >= 4 is 68.1 Å². The molecule has 1 aromatic heterocycles. The molecule has 2 bridgehead atoms. The van der Waals surface area contributed by atoms with Gasteiger partial charge < -0.3 is 15.0 Å². The number of anilines is 2. The number of para-hydroxylation sites is 1. The number of ether oxygens (including phenoxy) is 1. The molecule has 2 N–H and O–H groups in total. The van der Waals surface area contributed by atoms with Crippen LogP contribution >= 0.6 is 39.0 Å². The molecule has 3 aromatic carbocycles. The predicted octanol–water partition coefficient (Wildman–Crippen LogP) is 6.91. The van der Waals surface area contributed by atoms with Gasteiger partial charge >= 0.3 is 11.0 Å². The van der Waals surface area contributed by atoms with Crippen molar-refractivity contribution in [3.63, 3.8) is 0 Å². The van der Waals surface area contributed by atoms with Gasteiger partial charge in [0.2, 0.25) is 11.8 Å². The smallest absolute Gasteiger partial charge is 0.418 e. The van der Waals surface area contributed by atoms with Gasteiger partial charge in [-0.05, 0) is 78.3 Å². The molecule has 4 aliphatic rings. The maximum Gasteiger partial charge on any atom is 0.418 e. The second kappa shape index (κ2) is 11.6. The van der Waals surface area contributed by atoms with Crippen LogP contribution in [0.5, 0.6) is 5.75 Å². The molecule has 3 heterocycles. The zero-order chi connectivity index (χ0) is 33.5. The summed E-state index contributed by atoms with van der Waals surface area (Å²) in [6, 6.07) is 19.0. The van der Waals surface area contributed by atoms with Crippen molar-refractivity contribution in [2.24, 2.45) is 29.6 Å². The number of hydrogen-bond acceptors (Lipinski definition) is 7. The standard InChI is InChI=1S/C34H25BrF3N3O5S2/c35-16-7-9-17(10-8-16)41-31(43)26-19-13-20(27(26)32(41)44)28-25(19)24(29-30(47-28)40-33(45)48-29)15-5-11-18(12-6-15)46-14-23(42)39-22-4-2-1-3-21(22)34(36,37)38/h1-12,19-20,24-28H,13-14H2,(H,39,42)(H,40,45)/t19-,20-,24-,25?,26?,27?,28?/m1/s1. The minimum absolute atomic E-state index is 0.00747. The van der Waals surface area contributed by atoms with Crippen molar-refractivity contribution in [2.75, 3.05) is 16.8 Å². The molecule has 14 heteroatoms. The summed E-state index contributed by atoms with van der Waals surface area (Å²) in [5, 5.41) is 3.09. The number of imide groups is 1. The third-order valence-corrected chi connectivity index (χ3v) is 13.0. The summed E-state index contributed by atoms with van der Waals surface area (Å²) >= 11 is 6.17. The lowest BCUT2D eigenvalue weighted by atomic mass is 9.68. The van der Waals surface area contributed by atoms with E-state index in [4.69, 9.17) is 4.74 Å². The normalized spacial score (nSPS) is 27.1. The summed E-state index contributed by atoms with van der Waals surface area (Å²) in [7, 11) is 0. The van der Waals surface area contributed by atoms with E-state index in [1.54, 1.807) is 36.0 Å². The summed E-state index contributed by atoms with van der Waals surface area (Å²) in [6.45, 7) is -0.502. The van der Waals surface area contributed by atoms with Gasteiger partial charge in [-0.1, -0.05) is 51.5 Å². The van der Waals surface area contributed by atoms with Crippen molar-refractivity contribution < 1.29 is 32.3 Å². The maximum atomic E-state index is 13.9. The van der Waals surface area contributed by atoms with E-state index in [0.717, 1.165) is 43.8 Å². The van der Waals surface area contributed by atoms with E-state index in [2.05, 4.69) is 26.2 Å². The Morgan fingerprint density at radius 1 is 0.958 bits per heavy atom. The first-order valence-electron chi connectivity index (χ1n) is 15.2. The highest BCUT2D eigenvalue weighted by atomic mass is 79.9. The number of aromatic amines is 1. The average molecular weight is 757 g/mol. The summed E-state index contributed by atoms with van der Waals surface area (Å²) in [5.74, 6) is -1.83. The van der Waals surface area contributed by atoms with E-state index in [1.807, 2.05) is 24.3 Å². The first-order valence-corrected chi connectivity index (χ1v) is 17.7. The van der Waals surface area contributed by atoms with E-state index < -0.39 is 36.1 Å². The maximum absolute atomic E-state index is 13.9. The number of H-pyrrole nitrogens is 1. The highest BCUT2D eigenvalue weighted by molar-refractivity contribution is 9.10. The molecule has 1 saturated heterocycles. The number of rotatable bonds is 6. The van der Waals surface area contributed by atoms with Crippen molar-refractivity contribution in [3.05, 3.63) is 103 Å². The van der Waals surface area contributed by atoms with Crippen LogP contribution in [0.1, 0.15) is 28.3 Å². The number of nitrogens with one attached hydrogen (secondary N) is 2. The molecule has 0 spiro atoms. The summed E-state index contributed by atoms with van der Waals surface area (Å²) < 4.78 is 46.5. The van der Waals surface area contributed by atoms with E-state index >= 15 is 0 Å². The Hall–Kier alpha value is -3.88. The molecule has 7 atom stereocenters. The van der Waals surface area contributed by atoms with Crippen LogP contribution in [0.25, 0.3) is 0 Å². The largest absolute Gasteiger partial charge is 0.484 e. The number of fused-ring (bicyclic) bond motifs is 9. The number of nitrogens with zero attached hydrogens (tertiary/aromatic N) is 1. The SMILES string of the molecule is O=C(COc1ccc([C@H]2c3sc(=O)[nH]c3SC3C2[C@H]2C[C@@H]3C3C(=O)N(c4ccc(Br)cc4)C(=O)C32)cc1)Nc1ccccc1C(F)(F)F.